The molecular formula is C18H19N3O2. The van der Waals surface area contributed by atoms with Crippen LogP contribution in [0, 0.1) is 0 Å². The van der Waals surface area contributed by atoms with Gasteiger partial charge in [0.05, 0.1) is 6.04 Å². The molecule has 2 amide bonds. The van der Waals surface area contributed by atoms with Gasteiger partial charge in [0.2, 0.25) is 0 Å². The molecule has 0 unspecified atom stereocenters. The van der Waals surface area contributed by atoms with Gasteiger partial charge in [0.15, 0.2) is 0 Å². The van der Waals surface area contributed by atoms with Crippen LogP contribution in [-0.2, 0) is 0 Å². The van der Waals surface area contributed by atoms with Crippen LogP contribution < -0.4 is 15.5 Å². The van der Waals surface area contributed by atoms with E-state index in [1.54, 1.807) is 5.01 Å². The average Bonchev–Trinajstić information content (AvgIpc) is 2.62. The Hall–Kier alpha value is -2.53. The summed E-state index contributed by atoms with van der Waals surface area (Å²) in [6.45, 7) is 1.58. The highest BCUT2D eigenvalue weighted by Crippen LogP contribution is 2.42. The van der Waals surface area contributed by atoms with Gasteiger partial charge in [0.25, 0.3) is 0 Å². The number of ether oxygens (including phenoxy) is 1. The third-order valence-corrected chi connectivity index (χ3v) is 4.30. The smallest absolute Gasteiger partial charge is 0.332 e. The normalized spacial score (nSPS) is 17.0. The van der Waals surface area contributed by atoms with Crippen LogP contribution in [0.1, 0.15) is 30.0 Å². The van der Waals surface area contributed by atoms with Crippen molar-refractivity contribution < 1.29 is 9.53 Å². The van der Waals surface area contributed by atoms with Crippen molar-refractivity contribution in [3.63, 3.8) is 0 Å². The molecule has 2 aliphatic heterocycles. The molecule has 0 aliphatic carbocycles. The third-order valence-electron chi connectivity index (χ3n) is 4.30. The van der Waals surface area contributed by atoms with Gasteiger partial charge in [-0.15, -0.1) is 0 Å². The van der Waals surface area contributed by atoms with E-state index in [0.717, 1.165) is 48.6 Å². The number of nitrogens with zero attached hydrogens (tertiary/aromatic N) is 1. The minimum absolute atomic E-state index is 0.0961. The Kier molecular flexibility index (Phi) is 3.63. The number of hydrogen-bond acceptors (Lipinski definition) is 3. The quantitative estimate of drug-likeness (QED) is 0.850. The van der Waals surface area contributed by atoms with Gasteiger partial charge in [-0.25, -0.2) is 10.2 Å². The number of nitrogens with one attached hydrogen (secondary N) is 2. The van der Waals surface area contributed by atoms with Crippen molar-refractivity contribution >= 4 is 6.03 Å². The van der Waals surface area contributed by atoms with Gasteiger partial charge in [0, 0.05) is 24.2 Å². The van der Waals surface area contributed by atoms with E-state index in [2.05, 4.69) is 10.7 Å². The fourth-order valence-electron chi connectivity index (χ4n) is 3.13. The Labute approximate surface area is 135 Å². The van der Waals surface area contributed by atoms with E-state index >= 15 is 0 Å². The van der Waals surface area contributed by atoms with Gasteiger partial charge in [-0.2, -0.15) is 0 Å². The van der Waals surface area contributed by atoms with E-state index in [1.807, 2.05) is 48.5 Å². The van der Waals surface area contributed by atoms with Crippen LogP contribution in [0.3, 0.4) is 0 Å². The topological polar surface area (TPSA) is 53.6 Å². The molecule has 2 N–H and O–H groups in total. The summed E-state index contributed by atoms with van der Waals surface area (Å²) < 4.78 is 5.95. The van der Waals surface area contributed by atoms with Gasteiger partial charge < -0.3 is 10.1 Å². The number of carbonyl (C=O) groups is 1. The summed E-state index contributed by atoms with van der Waals surface area (Å²) in [6.07, 6.45) is 2.13. The summed E-state index contributed by atoms with van der Waals surface area (Å²) in [7, 11) is 0. The first-order valence-corrected chi connectivity index (χ1v) is 8.00. The van der Waals surface area contributed by atoms with E-state index < -0.39 is 0 Å². The van der Waals surface area contributed by atoms with E-state index in [0.29, 0.717) is 0 Å². The summed E-state index contributed by atoms with van der Waals surface area (Å²) in [4.78, 5) is 12.6. The van der Waals surface area contributed by atoms with E-state index in [-0.39, 0.29) is 12.1 Å². The minimum atomic E-state index is -0.202. The predicted octanol–water partition coefficient (Wildman–Crippen LogP) is 3.19. The van der Waals surface area contributed by atoms with Crippen LogP contribution in [0.4, 0.5) is 4.79 Å². The lowest BCUT2D eigenvalue weighted by atomic mass is 9.95. The fraction of sp³-hybridized carbons (Fsp3) is 0.278. The Morgan fingerprint density at radius 2 is 1.70 bits per heavy atom. The molecule has 4 rings (SSSR count). The van der Waals surface area contributed by atoms with Crippen molar-refractivity contribution in [1.29, 1.82) is 0 Å². The Balaban J connectivity index is 1.66. The van der Waals surface area contributed by atoms with Gasteiger partial charge in [-0.1, -0.05) is 36.4 Å². The van der Waals surface area contributed by atoms with Crippen LogP contribution in [-0.4, -0.2) is 24.1 Å². The molecule has 23 heavy (non-hydrogen) atoms. The number of amides is 2. The number of para-hydroxylation sites is 2. The number of hydrazine groups is 1. The molecule has 1 fully saturated rings. The monoisotopic (exact) mass is 309 g/mol. The lowest BCUT2D eigenvalue weighted by Gasteiger charge is -2.33. The zero-order valence-corrected chi connectivity index (χ0v) is 12.8. The van der Waals surface area contributed by atoms with Gasteiger partial charge in [-0.05, 0) is 25.0 Å². The number of carbonyl (C=O) groups excluding carboxylic acids is 1. The summed E-state index contributed by atoms with van der Waals surface area (Å²) in [6, 6.07) is 15.4. The largest absolute Gasteiger partial charge is 0.457 e. The molecule has 2 aromatic carbocycles. The second-order valence-corrected chi connectivity index (χ2v) is 5.83. The second kappa shape index (κ2) is 5.93. The first-order valence-electron chi connectivity index (χ1n) is 8.00. The molecule has 0 atom stereocenters. The maximum Gasteiger partial charge on any atom is 0.332 e. The molecule has 5 nitrogen and oxygen atoms in total. The molecule has 5 heteroatoms. The van der Waals surface area contributed by atoms with Crippen LogP contribution in [0.2, 0.25) is 0 Å². The highest BCUT2D eigenvalue weighted by atomic mass is 16.5. The zero-order valence-electron chi connectivity index (χ0n) is 12.8. The van der Waals surface area contributed by atoms with Gasteiger partial charge >= 0.3 is 6.03 Å². The van der Waals surface area contributed by atoms with Gasteiger partial charge in [-0.3, -0.25) is 5.01 Å². The number of fused-ring (bicyclic) bond motifs is 2. The molecule has 0 bridgehead atoms. The lowest BCUT2D eigenvalue weighted by molar-refractivity contribution is 0.151. The predicted molar refractivity (Wildman–Crippen MR) is 87.3 cm³/mol. The third kappa shape index (κ3) is 2.64. The van der Waals surface area contributed by atoms with E-state index in [4.69, 9.17) is 4.74 Å². The van der Waals surface area contributed by atoms with Crippen LogP contribution in [0.25, 0.3) is 0 Å². The van der Waals surface area contributed by atoms with Crippen molar-refractivity contribution in [2.75, 3.05) is 13.1 Å². The summed E-state index contributed by atoms with van der Waals surface area (Å²) >= 11 is 0. The van der Waals surface area contributed by atoms with E-state index in [9.17, 15) is 4.79 Å². The summed E-state index contributed by atoms with van der Waals surface area (Å²) in [5.41, 5.74) is 5.11. The molecule has 1 saturated heterocycles. The molecule has 0 radical (unpaired) electrons. The Bertz CT molecular complexity index is 680. The van der Waals surface area contributed by atoms with E-state index in [1.165, 1.54) is 0 Å². The standard InChI is InChI=1S/C18H19N3O2/c22-18(21-12-6-5-11-19-21)20-17-13-7-1-3-9-15(13)23-16-10-4-2-8-14(16)17/h1-4,7-10,17,19H,5-6,11-12H2,(H,20,22). The molecule has 118 valence electrons. The molecular weight excluding hydrogens is 290 g/mol. The second-order valence-electron chi connectivity index (χ2n) is 5.83. The number of benzene rings is 2. The molecule has 0 spiro atoms. The van der Waals surface area contributed by atoms with Crippen LogP contribution in [0.5, 0.6) is 11.5 Å². The number of rotatable bonds is 1. The molecule has 2 heterocycles. The van der Waals surface area contributed by atoms with Gasteiger partial charge in [0.1, 0.15) is 11.5 Å². The molecule has 2 aromatic rings. The van der Waals surface area contributed by atoms with Crippen LogP contribution >= 0.6 is 0 Å². The number of hydrogen-bond donors (Lipinski definition) is 2. The highest BCUT2D eigenvalue weighted by molar-refractivity contribution is 5.75. The maximum absolute atomic E-state index is 12.6. The summed E-state index contributed by atoms with van der Waals surface area (Å²) in [5, 5.41) is 4.82. The minimum Gasteiger partial charge on any atom is -0.457 e. The van der Waals surface area contributed by atoms with Crippen molar-refractivity contribution in [1.82, 2.24) is 15.8 Å². The summed E-state index contributed by atoms with van der Waals surface area (Å²) in [5.74, 6) is 1.59. The van der Waals surface area contributed by atoms with Crippen molar-refractivity contribution in [2.45, 2.75) is 18.9 Å². The SMILES string of the molecule is O=C(NC1c2ccccc2Oc2ccccc21)N1CCCCN1. The maximum atomic E-state index is 12.6. The zero-order chi connectivity index (χ0) is 15.6. The first kappa shape index (κ1) is 14.1. The molecule has 0 aromatic heterocycles. The lowest BCUT2D eigenvalue weighted by Crippen LogP contribution is -2.52. The molecule has 2 aliphatic rings. The van der Waals surface area contributed by atoms with Crippen molar-refractivity contribution in [3.8, 4) is 11.5 Å². The van der Waals surface area contributed by atoms with Crippen molar-refractivity contribution in [3.05, 3.63) is 59.7 Å². The highest BCUT2D eigenvalue weighted by Gasteiger charge is 2.29. The molecule has 0 saturated carbocycles. The fourth-order valence-corrected chi connectivity index (χ4v) is 3.13. The van der Waals surface area contributed by atoms with Crippen LogP contribution in [0.15, 0.2) is 48.5 Å². The average molecular weight is 309 g/mol. The Morgan fingerprint density at radius 1 is 1.04 bits per heavy atom. The number of urea groups is 1. The van der Waals surface area contributed by atoms with Crippen molar-refractivity contribution in [2.24, 2.45) is 0 Å². The Morgan fingerprint density at radius 3 is 2.30 bits per heavy atom. The first-order chi connectivity index (χ1) is 11.3.